The first-order chi connectivity index (χ1) is 7.84. The monoisotopic (exact) mass is 259 g/mol. The van der Waals surface area contributed by atoms with Crippen LogP contribution in [0.3, 0.4) is 0 Å². The molecule has 0 spiro atoms. The Balaban J connectivity index is 1.57. The molecule has 1 unspecified atom stereocenters. The Morgan fingerprint density at radius 2 is 2.44 bits per heavy atom. The second-order valence-electron chi connectivity index (χ2n) is 4.26. The van der Waals surface area contributed by atoms with E-state index < -0.39 is 0 Å². The van der Waals surface area contributed by atoms with Crippen molar-refractivity contribution in [3.8, 4) is 0 Å². The SMILES string of the molecule is Clc1ccc(COCCC2CCCNC2)s1. The zero-order chi connectivity index (χ0) is 11.2. The van der Waals surface area contributed by atoms with Gasteiger partial charge in [-0.1, -0.05) is 11.6 Å². The van der Waals surface area contributed by atoms with E-state index in [9.17, 15) is 0 Å². The fourth-order valence-electron chi connectivity index (χ4n) is 2.02. The minimum atomic E-state index is 0.706. The molecule has 1 N–H and O–H groups in total. The fraction of sp³-hybridized carbons (Fsp3) is 0.667. The highest BCUT2D eigenvalue weighted by Crippen LogP contribution is 2.22. The predicted octanol–water partition coefficient (Wildman–Crippen LogP) is 3.31. The number of rotatable bonds is 5. The zero-order valence-corrected chi connectivity index (χ0v) is 10.9. The molecule has 1 atom stereocenters. The van der Waals surface area contributed by atoms with Crippen molar-refractivity contribution in [3.63, 3.8) is 0 Å². The van der Waals surface area contributed by atoms with Crippen molar-refractivity contribution < 1.29 is 4.74 Å². The highest BCUT2D eigenvalue weighted by atomic mass is 35.5. The van der Waals surface area contributed by atoms with Crippen LogP contribution in [0, 0.1) is 5.92 Å². The summed E-state index contributed by atoms with van der Waals surface area (Å²) in [6.07, 6.45) is 3.83. The molecule has 1 fully saturated rings. The highest BCUT2D eigenvalue weighted by molar-refractivity contribution is 7.16. The molecule has 0 bridgehead atoms. The van der Waals surface area contributed by atoms with Crippen molar-refractivity contribution in [2.45, 2.75) is 25.9 Å². The third kappa shape index (κ3) is 4.06. The maximum absolute atomic E-state index is 5.85. The van der Waals surface area contributed by atoms with Crippen molar-refractivity contribution in [3.05, 3.63) is 21.3 Å². The van der Waals surface area contributed by atoms with Crippen LogP contribution in [0.15, 0.2) is 12.1 Å². The summed E-state index contributed by atoms with van der Waals surface area (Å²) in [5, 5.41) is 3.43. The maximum atomic E-state index is 5.85. The van der Waals surface area contributed by atoms with Crippen LogP contribution < -0.4 is 5.32 Å². The topological polar surface area (TPSA) is 21.3 Å². The van der Waals surface area contributed by atoms with Gasteiger partial charge in [-0.25, -0.2) is 0 Å². The number of nitrogens with one attached hydrogen (secondary N) is 1. The summed E-state index contributed by atoms with van der Waals surface area (Å²) in [6, 6.07) is 3.96. The predicted molar refractivity (Wildman–Crippen MR) is 69.2 cm³/mol. The Morgan fingerprint density at radius 1 is 1.50 bits per heavy atom. The Hall–Kier alpha value is -0.0900. The summed E-state index contributed by atoms with van der Waals surface area (Å²) in [5.74, 6) is 0.806. The summed E-state index contributed by atoms with van der Waals surface area (Å²) >= 11 is 7.45. The van der Waals surface area contributed by atoms with Crippen molar-refractivity contribution in [1.29, 1.82) is 0 Å². The Labute approximate surface area is 106 Å². The molecule has 1 aliphatic rings. The summed E-state index contributed by atoms with van der Waals surface area (Å²) in [6.45, 7) is 3.92. The lowest BCUT2D eigenvalue weighted by atomic mass is 9.97. The van der Waals surface area contributed by atoms with Gasteiger partial charge in [-0.15, -0.1) is 11.3 Å². The average Bonchev–Trinajstić information content (AvgIpc) is 2.72. The summed E-state index contributed by atoms with van der Waals surface area (Å²) in [5.41, 5.74) is 0. The smallest absolute Gasteiger partial charge is 0.0932 e. The number of ether oxygens (including phenoxy) is 1. The standard InChI is InChI=1S/C12H18ClNOS/c13-12-4-3-11(16-12)9-15-7-5-10-2-1-6-14-8-10/h3-4,10,14H,1-2,5-9H2. The van der Waals surface area contributed by atoms with Crippen molar-refractivity contribution in [2.75, 3.05) is 19.7 Å². The molecule has 0 aliphatic carbocycles. The average molecular weight is 260 g/mol. The Morgan fingerprint density at radius 3 is 3.12 bits per heavy atom. The van der Waals surface area contributed by atoms with Crippen LogP contribution in [0.4, 0.5) is 0 Å². The third-order valence-electron chi connectivity index (χ3n) is 2.94. The fourth-order valence-corrected chi connectivity index (χ4v) is 3.05. The van der Waals surface area contributed by atoms with Gasteiger partial charge in [0.25, 0.3) is 0 Å². The number of halogens is 1. The molecule has 90 valence electrons. The highest BCUT2D eigenvalue weighted by Gasteiger charge is 2.12. The molecule has 0 saturated carbocycles. The Bertz CT molecular complexity index is 310. The quantitative estimate of drug-likeness (QED) is 0.820. The van der Waals surface area contributed by atoms with Crippen molar-refractivity contribution in [1.82, 2.24) is 5.32 Å². The van der Waals surface area contributed by atoms with Crippen molar-refractivity contribution in [2.24, 2.45) is 5.92 Å². The van der Waals surface area contributed by atoms with Gasteiger partial charge in [-0.3, -0.25) is 0 Å². The summed E-state index contributed by atoms with van der Waals surface area (Å²) < 4.78 is 6.50. The third-order valence-corrected chi connectivity index (χ3v) is 4.15. The lowest BCUT2D eigenvalue weighted by Crippen LogP contribution is -2.30. The van der Waals surface area contributed by atoms with Crippen LogP contribution >= 0.6 is 22.9 Å². The Kier molecular flexibility index (Phi) is 5.10. The van der Waals surface area contributed by atoms with E-state index in [1.54, 1.807) is 11.3 Å². The van der Waals surface area contributed by atoms with E-state index in [1.165, 1.54) is 30.7 Å². The van der Waals surface area contributed by atoms with Crippen LogP contribution in [0.2, 0.25) is 4.34 Å². The first-order valence-corrected chi connectivity index (χ1v) is 7.07. The lowest BCUT2D eigenvalue weighted by Gasteiger charge is -2.22. The summed E-state index contributed by atoms with van der Waals surface area (Å²) in [4.78, 5) is 1.21. The molecule has 1 saturated heterocycles. The van der Waals surface area contributed by atoms with Gasteiger partial charge in [0, 0.05) is 11.5 Å². The molecule has 2 nitrogen and oxygen atoms in total. The van der Waals surface area contributed by atoms with E-state index >= 15 is 0 Å². The van der Waals surface area contributed by atoms with Gasteiger partial charge in [0.2, 0.25) is 0 Å². The number of thiophene rings is 1. The van der Waals surface area contributed by atoms with E-state index in [0.29, 0.717) is 6.61 Å². The van der Waals surface area contributed by atoms with Crippen LogP contribution in [0.25, 0.3) is 0 Å². The number of hydrogen-bond donors (Lipinski definition) is 1. The number of piperidine rings is 1. The number of hydrogen-bond acceptors (Lipinski definition) is 3. The minimum absolute atomic E-state index is 0.706. The van der Waals surface area contributed by atoms with Gasteiger partial charge in [-0.05, 0) is 50.4 Å². The normalized spacial score (nSPS) is 21.2. The van der Waals surface area contributed by atoms with Gasteiger partial charge < -0.3 is 10.1 Å². The molecule has 2 heterocycles. The van der Waals surface area contributed by atoms with E-state index in [0.717, 1.165) is 23.4 Å². The zero-order valence-electron chi connectivity index (χ0n) is 9.38. The lowest BCUT2D eigenvalue weighted by molar-refractivity contribution is 0.105. The van der Waals surface area contributed by atoms with Gasteiger partial charge in [0.1, 0.15) is 0 Å². The largest absolute Gasteiger partial charge is 0.376 e. The molecule has 1 aromatic heterocycles. The van der Waals surface area contributed by atoms with E-state index in [2.05, 4.69) is 5.32 Å². The van der Waals surface area contributed by atoms with E-state index in [-0.39, 0.29) is 0 Å². The first-order valence-electron chi connectivity index (χ1n) is 5.87. The van der Waals surface area contributed by atoms with Gasteiger partial charge in [0.05, 0.1) is 10.9 Å². The molecule has 4 heteroatoms. The second kappa shape index (κ2) is 6.60. The second-order valence-corrected chi connectivity index (χ2v) is 6.06. The molecule has 0 amide bonds. The molecular formula is C12H18ClNOS. The van der Waals surface area contributed by atoms with Crippen LogP contribution in [-0.4, -0.2) is 19.7 Å². The maximum Gasteiger partial charge on any atom is 0.0932 e. The van der Waals surface area contributed by atoms with Gasteiger partial charge >= 0.3 is 0 Å². The van der Waals surface area contributed by atoms with E-state index in [4.69, 9.17) is 16.3 Å². The molecule has 16 heavy (non-hydrogen) atoms. The molecular weight excluding hydrogens is 242 g/mol. The van der Waals surface area contributed by atoms with Gasteiger partial charge in [0.15, 0.2) is 0 Å². The van der Waals surface area contributed by atoms with Crippen LogP contribution in [0.5, 0.6) is 0 Å². The first kappa shape index (κ1) is 12.4. The molecule has 0 radical (unpaired) electrons. The van der Waals surface area contributed by atoms with E-state index in [1.807, 2.05) is 12.1 Å². The molecule has 1 aliphatic heterocycles. The van der Waals surface area contributed by atoms with Gasteiger partial charge in [-0.2, -0.15) is 0 Å². The molecule has 1 aromatic rings. The minimum Gasteiger partial charge on any atom is -0.376 e. The summed E-state index contributed by atoms with van der Waals surface area (Å²) in [7, 11) is 0. The molecule has 2 rings (SSSR count). The van der Waals surface area contributed by atoms with Crippen LogP contribution in [-0.2, 0) is 11.3 Å². The van der Waals surface area contributed by atoms with Crippen LogP contribution in [0.1, 0.15) is 24.1 Å². The van der Waals surface area contributed by atoms with Crippen molar-refractivity contribution >= 4 is 22.9 Å². The molecule has 0 aromatic carbocycles.